The van der Waals surface area contributed by atoms with Crippen LogP contribution in [0.3, 0.4) is 0 Å². The van der Waals surface area contributed by atoms with Crippen molar-refractivity contribution in [2.75, 3.05) is 6.54 Å². The van der Waals surface area contributed by atoms with Gasteiger partial charge in [0.05, 0.1) is 0 Å². The van der Waals surface area contributed by atoms with Crippen LogP contribution < -0.4 is 5.32 Å². The van der Waals surface area contributed by atoms with E-state index in [1.54, 1.807) is 0 Å². The van der Waals surface area contributed by atoms with Crippen LogP contribution in [-0.2, 0) is 4.79 Å². The molecule has 0 rings (SSSR count). The maximum atomic E-state index is 11.5. The molecule has 0 radical (unpaired) electrons. The molecule has 78 valence electrons. The van der Waals surface area contributed by atoms with Crippen LogP contribution in [0.5, 0.6) is 0 Å². The Labute approximate surface area is 82.1 Å². The van der Waals surface area contributed by atoms with Crippen LogP contribution in [0.4, 0.5) is 0 Å². The summed E-state index contributed by atoms with van der Waals surface area (Å²) in [6, 6.07) is 0. The average molecular weight is 185 g/mol. The molecule has 0 aromatic carbocycles. The van der Waals surface area contributed by atoms with Gasteiger partial charge in [-0.1, -0.05) is 33.1 Å². The highest BCUT2D eigenvalue weighted by molar-refractivity contribution is 5.78. The van der Waals surface area contributed by atoms with Gasteiger partial charge in [0, 0.05) is 12.5 Å². The molecular formula is C11H23NO. The largest absolute Gasteiger partial charge is 0.356 e. The highest BCUT2D eigenvalue weighted by atomic mass is 16.1. The summed E-state index contributed by atoms with van der Waals surface area (Å²) in [5.41, 5.74) is 0. The number of carbonyl (C=O) groups is 1. The van der Waals surface area contributed by atoms with Crippen molar-refractivity contribution in [1.29, 1.82) is 0 Å². The Kier molecular flexibility index (Phi) is 7.76. The van der Waals surface area contributed by atoms with Crippen LogP contribution >= 0.6 is 0 Å². The molecular weight excluding hydrogens is 162 g/mol. The Balaban J connectivity index is 3.67. The number of amides is 1. The van der Waals surface area contributed by atoms with Crippen LogP contribution in [0.25, 0.3) is 0 Å². The van der Waals surface area contributed by atoms with Crippen LogP contribution in [0.1, 0.15) is 52.9 Å². The minimum atomic E-state index is 0.237. The van der Waals surface area contributed by atoms with Crippen LogP contribution in [0, 0.1) is 5.92 Å². The van der Waals surface area contributed by atoms with Gasteiger partial charge in [-0.15, -0.1) is 0 Å². The van der Waals surface area contributed by atoms with Gasteiger partial charge < -0.3 is 5.32 Å². The molecule has 1 amide bonds. The van der Waals surface area contributed by atoms with E-state index in [0.717, 1.165) is 19.4 Å². The van der Waals surface area contributed by atoms with E-state index in [-0.39, 0.29) is 11.8 Å². The van der Waals surface area contributed by atoms with Crippen molar-refractivity contribution in [3.63, 3.8) is 0 Å². The molecule has 2 nitrogen and oxygen atoms in total. The fraction of sp³-hybridized carbons (Fsp3) is 0.909. The number of unbranched alkanes of at least 4 members (excludes halogenated alkanes) is 2. The summed E-state index contributed by atoms with van der Waals surface area (Å²) in [7, 11) is 0. The molecule has 0 spiro atoms. The van der Waals surface area contributed by atoms with Crippen molar-refractivity contribution in [2.45, 2.75) is 52.9 Å². The van der Waals surface area contributed by atoms with E-state index in [9.17, 15) is 4.79 Å². The topological polar surface area (TPSA) is 29.1 Å². The predicted octanol–water partition coefficient (Wildman–Crippen LogP) is 2.73. The van der Waals surface area contributed by atoms with Crippen molar-refractivity contribution >= 4 is 5.91 Å². The molecule has 0 aromatic heterocycles. The maximum absolute atomic E-state index is 11.5. The van der Waals surface area contributed by atoms with E-state index in [1.165, 1.54) is 19.3 Å². The van der Waals surface area contributed by atoms with Crippen LogP contribution in [-0.4, -0.2) is 12.5 Å². The van der Waals surface area contributed by atoms with E-state index in [4.69, 9.17) is 0 Å². The quantitative estimate of drug-likeness (QED) is 0.607. The van der Waals surface area contributed by atoms with Gasteiger partial charge in [0.1, 0.15) is 0 Å². The molecule has 1 unspecified atom stereocenters. The SMILES string of the molecule is CCCCCC(CC)C(=O)NCC. The minimum absolute atomic E-state index is 0.237. The molecule has 2 heteroatoms. The second-order valence-electron chi connectivity index (χ2n) is 3.50. The van der Waals surface area contributed by atoms with Gasteiger partial charge in [-0.05, 0) is 19.8 Å². The monoisotopic (exact) mass is 185 g/mol. The molecule has 13 heavy (non-hydrogen) atoms. The number of nitrogens with one attached hydrogen (secondary N) is 1. The molecule has 0 fully saturated rings. The third-order valence-electron chi connectivity index (χ3n) is 2.37. The van der Waals surface area contributed by atoms with E-state index in [2.05, 4.69) is 19.2 Å². The van der Waals surface area contributed by atoms with E-state index in [0.29, 0.717) is 0 Å². The normalized spacial score (nSPS) is 12.5. The molecule has 0 bridgehead atoms. The first kappa shape index (κ1) is 12.5. The molecule has 1 atom stereocenters. The third-order valence-corrected chi connectivity index (χ3v) is 2.37. The van der Waals surface area contributed by atoms with E-state index in [1.807, 2.05) is 6.92 Å². The number of rotatable bonds is 7. The molecule has 0 aliphatic heterocycles. The van der Waals surface area contributed by atoms with E-state index >= 15 is 0 Å². The lowest BCUT2D eigenvalue weighted by molar-refractivity contribution is -0.125. The molecule has 0 saturated carbocycles. The summed E-state index contributed by atoms with van der Waals surface area (Å²) in [6.07, 6.45) is 5.68. The lowest BCUT2D eigenvalue weighted by Crippen LogP contribution is -2.30. The second-order valence-corrected chi connectivity index (χ2v) is 3.50. The first-order chi connectivity index (χ1) is 6.26. The smallest absolute Gasteiger partial charge is 0.223 e. The highest BCUT2D eigenvalue weighted by Crippen LogP contribution is 2.13. The van der Waals surface area contributed by atoms with Gasteiger partial charge in [-0.2, -0.15) is 0 Å². The standard InChI is InChI=1S/C11H23NO/c1-4-7-8-9-10(5-2)11(13)12-6-3/h10H,4-9H2,1-3H3,(H,12,13). The van der Waals surface area contributed by atoms with Crippen molar-refractivity contribution in [3.8, 4) is 0 Å². The summed E-state index contributed by atoms with van der Waals surface area (Å²) in [4.78, 5) is 11.5. The molecule has 1 N–H and O–H groups in total. The van der Waals surface area contributed by atoms with Gasteiger partial charge in [-0.3, -0.25) is 4.79 Å². The fourth-order valence-electron chi connectivity index (χ4n) is 1.48. The first-order valence-electron chi connectivity index (χ1n) is 5.53. The van der Waals surface area contributed by atoms with Gasteiger partial charge in [0.25, 0.3) is 0 Å². The lowest BCUT2D eigenvalue weighted by atomic mass is 9.98. The molecule has 0 saturated heterocycles. The fourth-order valence-corrected chi connectivity index (χ4v) is 1.48. The van der Waals surface area contributed by atoms with Crippen molar-refractivity contribution in [3.05, 3.63) is 0 Å². The first-order valence-corrected chi connectivity index (χ1v) is 5.53. The zero-order chi connectivity index (χ0) is 10.1. The third kappa shape index (κ3) is 5.67. The number of hydrogen-bond acceptors (Lipinski definition) is 1. The van der Waals surface area contributed by atoms with E-state index < -0.39 is 0 Å². The molecule has 0 heterocycles. The Morgan fingerprint density at radius 3 is 2.38 bits per heavy atom. The number of carbonyl (C=O) groups excluding carboxylic acids is 1. The molecule has 0 aliphatic rings. The second kappa shape index (κ2) is 8.09. The Bertz CT molecular complexity index is 134. The van der Waals surface area contributed by atoms with Crippen molar-refractivity contribution < 1.29 is 4.79 Å². The highest BCUT2D eigenvalue weighted by Gasteiger charge is 2.14. The molecule has 0 aliphatic carbocycles. The Morgan fingerprint density at radius 2 is 1.92 bits per heavy atom. The Hall–Kier alpha value is -0.530. The van der Waals surface area contributed by atoms with Gasteiger partial charge in [-0.25, -0.2) is 0 Å². The maximum Gasteiger partial charge on any atom is 0.223 e. The zero-order valence-electron chi connectivity index (χ0n) is 9.23. The van der Waals surface area contributed by atoms with Gasteiger partial charge >= 0.3 is 0 Å². The summed E-state index contributed by atoms with van der Waals surface area (Å²) < 4.78 is 0. The summed E-state index contributed by atoms with van der Waals surface area (Å²) >= 11 is 0. The average Bonchev–Trinajstić information content (AvgIpc) is 2.13. The zero-order valence-corrected chi connectivity index (χ0v) is 9.23. The lowest BCUT2D eigenvalue weighted by Gasteiger charge is -2.13. The summed E-state index contributed by atoms with van der Waals surface area (Å²) in [5.74, 6) is 0.479. The minimum Gasteiger partial charge on any atom is -0.356 e. The predicted molar refractivity (Wildman–Crippen MR) is 56.6 cm³/mol. The number of hydrogen-bond donors (Lipinski definition) is 1. The van der Waals surface area contributed by atoms with Crippen molar-refractivity contribution in [1.82, 2.24) is 5.32 Å². The van der Waals surface area contributed by atoms with Crippen LogP contribution in [0.2, 0.25) is 0 Å². The summed E-state index contributed by atoms with van der Waals surface area (Å²) in [6.45, 7) is 7.00. The van der Waals surface area contributed by atoms with Gasteiger partial charge in [0.15, 0.2) is 0 Å². The Morgan fingerprint density at radius 1 is 1.23 bits per heavy atom. The van der Waals surface area contributed by atoms with Gasteiger partial charge in [0.2, 0.25) is 5.91 Å². The van der Waals surface area contributed by atoms with Crippen LogP contribution in [0.15, 0.2) is 0 Å². The van der Waals surface area contributed by atoms with Crippen molar-refractivity contribution in [2.24, 2.45) is 5.92 Å². The molecule has 0 aromatic rings. The summed E-state index contributed by atoms with van der Waals surface area (Å²) in [5, 5.41) is 2.88.